The number of nitrogens with zero attached hydrogens (tertiary/aromatic N) is 2. The van der Waals surface area contributed by atoms with Gasteiger partial charge in [0.05, 0.1) is 6.54 Å². The van der Waals surface area contributed by atoms with Crippen LogP contribution in [-0.4, -0.2) is 46.8 Å². The first-order valence-electron chi connectivity index (χ1n) is 13.1. The molecule has 0 bridgehead atoms. The van der Waals surface area contributed by atoms with E-state index in [1.807, 2.05) is 48.5 Å². The lowest BCUT2D eigenvalue weighted by Crippen LogP contribution is -2.53. The van der Waals surface area contributed by atoms with Crippen LogP contribution in [0.1, 0.15) is 39.9 Å². The third-order valence-electron chi connectivity index (χ3n) is 7.44. The smallest absolute Gasteiger partial charge is 0.255 e. The van der Waals surface area contributed by atoms with Gasteiger partial charge in [-0.2, -0.15) is 0 Å². The second kappa shape index (κ2) is 10.3. The molecule has 2 amide bonds. The number of carbonyl (C=O) groups is 2. The van der Waals surface area contributed by atoms with Gasteiger partial charge in [-0.05, 0) is 48.2 Å². The van der Waals surface area contributed by atoms with Crippen molar-refractivity contribution in [3.05, 3.63) is 107 Å². The molecule has 2 fully saturated rings. The Balaban J connectivity index is 1.02. The molecule has 7 nitrogen and oxygen atoms in total. The van der Waals surface area contributed by atoms with E-state index in [1.165, 1.54) is 5.56 Å². The highest BCUT2D eigenvalue weighted by molar-refractivity contribution is 6.02. The van der Waals surface area contributed by atoms with Crippen molar-refractivity contribution in [3.8, 4) is 11.5 Å². The highest BCUT2D eigenvalue weighted by Crippen LogP contribution is 2.34. The maximum absolute atomic E-state index is 13.1. The molecule has 3 aliphatic rings. The van der Waals surface area contributed by atoms with Gasteiger partial charge in [0.25, 0.3) is 5.91 Å². The third kappa shape index (κ3) is 5.02. The van der Waals surface area contributed by atoms with Crippen LogP contribution in [0.3, 0.4) is 0 Å². The van der Waals surface area contributed by atoms with Gasteiger partial charge in [0, 0.05) is 36.5 Å². The fourth-order valence-corrected chi connectivity index (χ4v) is 5.35. The number of likely N-dealkylation sites (tertiary alicyclic amines) is 1. The molecule has 1 unspecified atom stereocenters. The third-order valence-corrected chi connectivity index (χ3v) is 7.44. The quantitative estimate of drug-likeness (QED) is 0.491. The van der Waals surface area contributed by atoms with Crippen LogP contribution in [0.15, 0.2) is 85.1 Å². The van der Waals surface area contributed by atoms with Gasteiger partial charge >= 0.3 is 0 Å². The van der Waals surface area contributed by atoms with Gasteiger partial charge in [0.15, 0.2) is 0 Å². The van der Waals surface area contributed by atoms with E-state index >= 15 is 0 Å². The minimum absolute atomic E-state index is 0.120. The molecule has 3 aliphatic heterocycles. The molecule has 38 heavy (non-hydrogen) atoms. The minimum Gasteiger partial charge on any atom is -0.489 e. The van der Waals surface area contributed by atoms with Crippen molar-refractivity contribution in [2.45, 2.75) is 44.7 Å². The number of rotatable bonds is 8. The zero-order chi connectivity index (χ0) is 26.1. The average molecular weight is 510 g/mol. The van der Waals surface area contributed by atoms with Crippen LogP contribution in [0.4, 0.5) is 0 Å². The summed E-state index contributed by atoms with van der Waals surface area (Å²) in [5, 5.41) is 2.78. The van der Waals surface area contributed by atoms with Crippen molar-refractivity contribution in [1.29, 1.82) is 0 Å². The van der Waals surface area contributed by atoms with E-state index in [0.29, 0.717) is 43.0 Å². The summed E-state index contributed by atoms with van der Waals surface area (Å²) in [6.45, 7) is 7.35. The summed E-state index contributed by atoms with van der Waals surface area (Å²) in [6.07, 6.45) is 1.51. The first kappa shape index (κ1) is 24.2. The molecule has 1 atom stereocenters. The van der Waals surface area contributed by atoms with Crippen LogP contribution in [0.25, 0.3) is 0 Å². The number of piperidine rings is 1. The molecule has 0 aliphatic carbocycles. The van der Waals surface area contributed by atoms with Crippen molar-refractivity contribution >= 4 is 11.8 Å². The normalized spacial score (nSPS) is 19.6. The highest BCUT2D eigenvalue weighted by Gasteiger charge is 2.39. The molecule has 7 heteroatoms. The highest BCUT2D eigenvalue weighted by atomic mass is 16.5. The monoisotopic (exact) mass is 509 g/mol. The molecular weight excluding hydrogens is 478 g/mol. The second-order valence-electron chi connectivity index (χ2n) is 10.2. The van der Waals surface area contributed by atoms with E-state index in [0.717, 1.165) is 36.5 Å². The number of hydrogen-bond donors (Lipinski definition) is 1. The fourth-order valence-electron chi connectivity index (χ4n) is 5.35. The van der Waals surface area contributed by atoms with Gasteiger partial charge in [-0.25, -0.2) is 0 Å². The predicted molar refractivity (Wildman–Crippen MR) is 144 cm³/mol. The predicted octanol–water partition coefficient (Wildman–Crippen LogP) is 4.28. The second-order valence-corrected chi connectivity index (χ2v) is 10.2. The SMILES string of the molecule is C=C1CCC(N2Cc3c(OCc4ccc(CN5CC(Oc6ccccc6)C5)cc4)cccc3C2=O)C(=O)N1. The zero-order valence-corrected chi connectivity index (χ0v) is 21.3. The van der Waals surface area contributed by atoms with Gasteiger partial charge in [-0.3, -0.25) is 14.5 Å². The standard InChI is InChI=1S/C31H31N3O4/c1-21-10-15-28(30(35)32-21)34-19-27-26(31(34)36)8-5-9-29(27)37-20-23-13-11-22(12-14-23)16-33-17-25(18-33)38-24-6-3-2-4-7-24/h2-9,11-14,25,28H,1,10,15-20H2,(H,32,35). The fraction of sp³-hybridized carbons (Fsp3) is 0.290. The number of allylic oxidation sites excluding steroid dienone is 1. The summed E-state index contributed by atoms with van der Waals surface area (Å²) >= 11 is 0. The van der Waals surface area contributed by atoms with E-state index in [9.17, 15) is 9.59 Å². The Morgan fingerprint density at radius 1 is 0.921 bits per heavy atom. The number of amides is 2. The molecule has 0 spiro atoms. The maximum atomic E-state index is 13.1. The maximum Gasteiger partial charge on any atom is 0.255 e. The van der Waals surface area contributed by atoms with Crippen molar-refractivity contribution in [3.63, 3.8) is 0 Å². The first-order valence-corrected chi connectivity index (χ1v) is 13.1. The molecule has 2 saturated heterocycles. The Labute approximate surface area is 222 Å². The van der Waals surface area contributed by atoms with Crippen LogP contribution >= 0.6 is 0 Å². The van der Waals surface area contributed by atoms with E-state index in [-0.39, 0.29) is 17.9 Å². The molecule has 3 aromatic carbocycles. The Morgan fingerprint density at radius 3 is 2.45 bits per heavy atom. The molecule has 6 rings (SSSR count). The van der Waals surface area contributed by atoms with Gasteiger partial charge in [0.2, 0.25) is 5.91 Å². The number of ether oxygens (including phenoxy) is 2. The largest absolute Gasteiger partial charge is 0.489 e. The van der Waals surface area contributed by atoms with Crippen LogP contribution in [0.2, 0.25) is 0 Å². The first-order chi connectivity index (χ1) is 18.5. The topological polar surface area (TPSA) is 71.1 Å². The number of carbonyl (C=O) groups excluding carboxylic acids is 2. The van der Waals surface area contributed by atoms with Crippen LogP contribution in [0.5, 0.6) is 11.5 Å². The van der Waals surface area contributed by atoms with E-state index in [4.69, 9.17) is 9.47 Å². The van der Waals surface area contributed by atoms with Gasteiger partial charge in [-0.15, -0.1) is 0 Å². The van der Waals surface area contributed by atoms with Crippen LogP contribution < -0.4 is 14.8 Å². The summed E-state index contributed by atoms with van der Waals surface area (Å²) in [5.41, 5.74) is 4.47. The van der Waals surface area contributed by atoms with Crippen LogP contribution in [0, 0.1) is 0 Å². The number of para-hydroxylation sites is 1. The zero-order valence-electron chi connectivity index (χ0n) is 21.3. The van der Waals surface area contributed by atoms with E-state index in [1.54, 1.807) is 4.90 Å². The van der Waals surface area contributed by atoms with E-state index < -0.39 is 6.04 Å². The Bertz CT molecular complexity index is 1350. The molecular formula is C31H31N3O4. The Morgan fingerprint density at radius 2 is 1.68 bits per heavy atom. The average Bonchev–Trinajstić information content (AvgIpc) is 3.24. The lowest BCUT2D eigenvalue weighted by molar-refractivity contribution is -0.126. The van der Waals surface area contributed by atoms with Crippen molar-refractivity contribution in [2.24, 2.45) is 0 Å². The number of nitrogens with one attached hydrogen (secondary N) is 1. The summed E-state index contributed by atoms with van der Waals surface area (Å²) < 4.78 is 12.2. The lowest BCUT2D eigenvalue weighted by Gasteiger charge is -2.39. The minimum atomic E-state index is -0.479. The number of benzene rings is 3. The summed E-state index contributed by atoms with van der Waals surface area (Å²) in [6, 6.07) is 23.5. The summed E-state index contributed by atoms with van der Waals surface area (Å²) in [7, 11) is 0. The van der Waals surface area contributed by atoms with Gasteiger partial charge < -0.3 is 19.7 Å². The molecule has 1 N–H and O–H groups in total. The van der Waals surface area contributed by atoms with Gasteiger partial charge in [0.1, 0.15) is 30.3 Å². The summed E-state index contributed by atoms with van der Waals surface area (Å²) in [5.74, 6) is 1.33. The van der Waals surface area contributed by atoms with Crippen molar-refractivity contribution < 1.29 is 19.1 Å². The van der Waals surface area contributed by atoms with Crippen molar-refractivity contribution in [1.82, 2.24) is 15.1 Å². The number of hydrogen-bond acceptors (Lipinski definition) is 5. The molecule has 0 saturated carbocycles. The Kier molecular flexibility index (Phi) is 6.60. The molecule has 3 aromatic rings. The van der Waals surface area contributed by atoms with Crippen LogP contribution in [-0.2, 0) is 24.5 Å². The number of fused-ring (bicyclic) bond motifs is 1. The summed E-state index contributed by atoms with van der Waals surface area (Å²) in [4.78, 5) is 29.6. The molecule has 0 aromatic heterocycles. The van der Waals surface area contributed by atoms with E-state index in [2.05, 4.69) is 41.1 Å². The lowest BCUT2D eigenvalue weighted by atomic mass is 10.0. The van der Waals surface area contributed by atoms with Crippen molar-refractivity contribution in [2.75, 3.05) is 13.1 Å². The Hall–Kier alpha value is -4.10. The van der Waals surface area contributed by atoms with Gasteiger partial charge in [-0.1, -0.05) is 55.1 Å². The molecule has 194 valence electrons. The molecule has 3 heterocycles. The molecule has 0 radical (unpaired) electrons.